The Morgan fingerprint density at radius 1 is 1.15 bits per heavy atom. The van der Waals surface area contributed by atoms with Gasteiger partial charge in [-0.1, -0.05) is 17.7 Å². The molecule has 4 rings (SSSR count). The van der Waals surface area contributed by atoms with E-state index in [-0.39, 0.29) is 5.91 Å². The molecule has 1 aliphatic rings. The van der Waals surface area contributed by atoms with Crippen LogP contribution in [0.15, 0.2) is 55.2 Å². The first-order valence-electron chi connectivity index (χ1n) is 9.01. The van der Waals surface area contributed by atoms with E-state index >= 15 is 0 Å². The predicted molar refractivity (Wildman–Crippen MR) is 103 cm³/mol. The van der Waals surface area contributed by atoms with Gasteiger partial charge in [-0.25, -0.2) is 4.98 Å². The molecule has 0 spiro atoms. The van der Waals surface area contributed by atoms with Crippen LogP contribution in [-0.4, -0.2) is 43.4 Å². The van der Waals surface area contributed by atoms with E-state index in [1.54, 1.807) is 18.5 Å². The molecular weight excluding hydrogens is 362 g/mol. The van der Waals surface area contributed by atoms with E-state index in [9.17, 15) is 4.79 Å². The van der Waals surface area contributed by atoms with Gasteiger partial charge in [0.05, 0.1) is 22.8 Å². The minimum absolute atomic E-state index is 0.0136. The molecule has 3 aromatic heterocycles. The molecule has 0 atom stereocenters. The van der Waals surface area contributed by atoms with Crippen molar-refractivity contribution in [1.29, 1.82) is 0 Å². The standard InChI is InChI=1S/C20H20ClN5O/c21-17-11-16(12-22-13-17)20(27)25-8-4-15(5-9-25)19-24-7-10-26(19)14-18-3-1-2-6-23-18/h1-3,6-7,10-13,15H,4-5,8-9,14H2. The number of carbonyl (C=O) groups is 1. The number of likely N-dealkylation sites (tertiary alicyclic amines) is 1. The summed E-state index contributed by atoms with van der Waals surface area (Å²) in [6.45, 7) is 2.11. The number of aromatic nitrogens is 4. The van der Waals surface area contributed by atoms with Crippen molar-refractivity contribution in [3.05, 3.63) is 77.4 Å². The van der Waals surface area contributed by atoms with Gasteiger partial charge in [-0.2, -0.15) is 0 Å². The third-order valence-corrected chi connectivity index (χ3v) is 5.11. The Balaban J connectivity index is 1.41. The first-order valence-corrected chi connectivity index (χ1v) is 9.39. The summed E-state index contributed by atoms with van der Waals surface area (Å²) in [5.41, 5.74) is 1.55. The minimum Gasteiger partial charge on any atom is -0.339 e. The smallest absolute Gasteiger partial charge is 0.255 e. The van der Waals surface area contributed by atoms with E-state index in [1.165, 1.54) is 6.20 Å². The zero-order valence-electron chi connectivity index (χ0n) is 14.8. The average Bonchev–Trinajstić information content (AvgIpc) is 3.16. The molecular formula is C20H20ClN5O. The highest BCUT2D eigenvalue weighted by Gasteiger charge is 2.27. The Hall–Kier alpha value is -2.73. The number of imidazole rings is 1. The molecule has 3 aromatic rings. The SMILES string of the molecule is O=C(c1cncc(Cl)c1)N1CCC(c2nccn2Cc2ccccn2)CC1. The fraction of sp³-hybridized carbons (Fsp3) is 0.300. The monoisotopic (exact) mass is 381 g/mol. The van der Waals surface area contributed by atoms with Crippen LogP contribution in [0.2, 0.25) is 5.02 Å². The summed E-state index contributed by atoms with van der Waals surface area (Å²) in [5.74, 6) is 1.39. The van der Waals surface area contributed by atoms with Crippen LogP contribution in [0.3, 0.4) is 0 Å². The number of piperidine rings is 1. The summed E-state index contributed by atoms with van der Waals surface area (Å²) in [7, 11) is 0. The van der Waals surface area contributed by atoms with E-state index in [2.05, 4.69) is 19.5 Å². The third-order valence-electron chi connectivity index (χ3n) is 4.91. The van der Waals surface area contributed by atoms with Gasteiger partial charge in [-0.3, -0.25) is 14.8 Å². The highest BCUT2D eigenvalue weighted by atomic mass is 35.5. The summed E-state index contributed by atoms with van der Waals surface area (Å²) in [6.07, 6.45) is 10.5. The van der Waals surface area contributed by atoms with Crippen molar-refractivity contribution in [2.24, 2.45) is 0 Å². The topological polar surface area (TPSA) is 63.9 Å². The number of hydrogen-bond donors (Lipinski definition) is 0. The fourth-order valence-electron chi connectivity index (χ4n) is 3.53. The highest BCUT2D eigenvalue weighted by Crippen LogP contribution is 2.28. The van der Waals surface area contributed by atoms with Crippen LogP contribution >= 0.6 is 11.6 Å². The fourth-order valence-corrected chi connectivity index (χ4v) is 3.71. The molecule has 0 bridgehead atoms. The van der Waals surface area contributed by atoms with Gasteiger partial charge in [0.25, 0.3) is 5.91 Å². The maximum absolute atomic E-state index is 12.7. The quantitative estimate of drug-likeness (QED) is 0.694. The van der Waals surface area contributed by atoms with Crippen LogP contribution in [0.25, 0.3) is 0 Å². The zero-order valence-corrected chi connectivity index (χ0v) is 15.6. The Morgan fingerprint density at radius 3 is 2.74 bits per heavy atom. The van der Waals surface area contributed by atoms with Crippen LogP contribution in [0.5, 0.6) is 0 Å². The lowest BCUT2D eigenvalue weighted by Crippen LogP contribution is -2.38. The number of halogens is 1. The molecule has 1 amide bonds. The Kier molecular flexibility index (Phi) is 5.16. The largest absolute Gasteiger partial charge is 0.339 e. The average molecular weight is 382 g/mol. The zero-order chi connectivity index (χ0) is 18.6. The second-order valence-corrected chi connectivity index (χ2v) is 7.13. The molecule has 0 N–H and O–H groups in total. The number of rotatable bonds is 4. The number of amides is 1. The van der Waals surface area contributed by atoms with E-state index < -0.39 is 0 Å². The van der Waals surface area contributed by atoms with Gasteiger partial charge in [0.15, 0.2) is 0 Å². The molecule has 1 aliphatic heterocycles. The molecule has 7 heteroatoms. The van der Waals surface area contributed by atoms with E-state index in [0.29, 0.717) is 36.1 Å². The molecule has 1 fully saturated rings. The molecule has 27 heavy (non-hydrogen) atoms. The number of pyridine rings is 2. The van der Waals surface area contributed by atoms with Gasteiger partial charge in [0.2, 0.25) is 0 Å². The molecule has 0 aromatic carbocycles. The summed E-state index contributed by atoms with van der Waals surface area (Å²) in [5, 5.41) is 0.479. The van der Waals surface area contributed by atoms with E-state index in [0.717, 1.165) is 24.4 Å². The van der Waals surface area contributed by atoms with Crippen LogP contribution in [0.1, 0.15) is 40.6 Å². The number of hydrogen-bond acceptors (Lipinski definition) is 4. The van der Waals surface area contributed by atoms with Gasteiger partial charge in [0.1, 0.15) is 5.82 Å². The van der Waals surface area contributed by atoms with Crippen molar-refractivity contribution in [2.45, 2.75) is 25.3 Å². The maximum Gasteiger partial charge on any atom is 0.255 e. The predicted octanol–water partition coefficient (Wildman–Crippen LogP) is 3.39. The Labute approximate surface area is 162 Å². The van der Waals surface area contributed by atoms with Crippen LogP contribution in [-0.2, 0) is 6.54 Å². The minimum atomic E-state index is -0.0136. The van der Waals surface area contributed by atoms with Crippen LogP contribution < -0.4 is 0 Å². The molecule has 0 aliphatic carbocycles. The molecule has 6 nitrogen and oxygen atoms in total. The van der Waals surface area contributed by atoms with Crippen molar-refractivity contribution < 1.29 is 4.79 Å². The van der Waals surface area contributed by atoms with Gasteiger partial charge in [-0.15, -0.1) is 0 Å². The van der Waals surface area contributed by atoms with Crippen molar-refractivity contribution in [3.8, 4) is 0 Å². The van der Waals surface area contributed by atoms with Crippen molar-refractivity contribution in [3.63, 3.8) is 0 Å². The van der Waals surface area contributed by atoms with Crippen molar-refractivity contribution in [2.75, 3.05) is 13.1 Å². The van der Waals surface area contributed by atoms with Gasteiger partial charge >= 0.3 is 0 Å². The third kappa shape index (κ3) is 4.01. The van der Waals surface area contributed by atoms with Gasteiger partial charge in [0, 0.05) is 50.0 Å². The molecule has 0 radical (unpaired) electrons. The lowest BCUT2D eigenvalue weighted by molar-refractivity contribution is 0.0710. The second kappa shape index (κ2) is 7.88. The van der Waals surface area contributed by atoms with Crippen LogP contribution in [0, 0.1) is 0 Å². The lowest BCUT2D eigenvalue weighted by atomic mass is 9.95. The molecule has 1 saturated heterocycles. The highest BCUT2D eigenvalue weighted by molar-refractivity contribution is 6.30. The van der Waals surface area contributed by atoms with Crippen LogP contribution in [0.4, 0.5) is 0 Å². The second-order valence-electron chi connectivity index (χ2n) is 6.69. The summed E-state index contributed by atoms with van der Waals surface area (Å²) >= 11 is 5.95. The first kappa shape index (κ1) is 17.7. The molecule has 0 saturated carbocycles. The van der Waals surface area contributed by atoms with Gasteiger partial charge in [-0.05, 0) is 31.0 Å². The summed E-state index contributed by atoms with van der Waals surface area (Å²) in [4.78, 5) is 27.5. The Morgan fingerprint density at radius 2 is 2.00 bits per heavy atom. The number of nitrogens with zero attached hydrogens (tertiary/aromatic N) is 5. The van der Waals surface area contributed by atoms with Crippen molar-refractivity contribution in [1.82, 2.24) is 24.4 Å². The van der Waals surface area contributed by atoms with E-state index in [4.69, 9.17) is 11.6 Å². The molecule has 0 unspecified atom stereocenters. The van der Waals surface area contributed by atoms with E-state index in [1.807, 2.05) is 35.5 Å². The summed E-state index contributed by atoms with van der Waals surface area (Å²) < 4.78 is 2.16. The van der Waals surface area contributed by atoms with Gasteiger partial charge < -0.3 is 9.47 Å². The summed E-state index contributed by atoms with van der Waals surface area (Å²) in [6, 6.07) is 7.60. The lowest BCUT2D eigenvalue weighted by Gasteiger charge is -2.32. The first-order chi connectivity index (χ1) is 13.2. The van der Waals surface area contributed by atoms with Crippen molar-refractivity contribution >= 4 is 17.5 Å². The Bertz CT molecular complexity index is 919. The maximum atomic E-state index is 12.7. The molecule has 138 valence electrons. The number of carbonyl (C=O) groups excluding carboxylic acids is 1. The molecule has 4 heterocycles. The normalized spacial score (nSPS) is 15.1.